The second-order valence-corrected chi connectivity index (χ2v) is 6.78. The third-order valence-corrected chi connectivity index (χ3v) is 4.82. The maximum Gasteiger partial charge on any atom is 0.278 e. The lowest BCUT2D eigenvalue weighted by Crippen LogP contribution is -2.29. The number of carbonyl (C=O) groups is 1. The second kappa shape index (κ2) is 7.43. The fourth-order valence-electron chi connectivity index (χ4n) is 2.34. The first-order chi connectivity index (χ1) is 11.6. The van der Waals surface area contributed by atoms with Crippen molar-refractivity contribution in [1.82, 2.24) is 4.90 Å². The van der Waals surface area contributed by atoms with Crippen molar-refractivity contribution in [2.45, 2.75) is 6.54 Å². The minimum absolute atomic E-state index is 0.130. The quantitative estimate of drug-likeness (QED) is 0.698. The summed E-state index contributed by atoms with van der Waals surface area (Å²) in [5, 5.41) is 1.94. The highest BCUT2D eigenvalue weighted by molar-refractivity contribution is 8.13. The van der Waals surface area contributed by atoms with Crippen LogP contribution >= 0.6 is 35.0 Å². The van der Waals surface area contributed by atoms with Gasteiger partial charge in [-0.3, -0.25) is 9.69 Å². The predicted octanol–water partition coefficient (Wildman–Crippen LogP) is 5.10. The van der Waals surface area contributed by atoms with Gasteiger partial charge in [0.05, 0.1) is 6.54 Å². The number of hydrogen-bond donors (Lipinski definition) is 0. The van der Waals surface area contributed by atoms with Gasteiger partial charge in [0.25, 0.3) is 5.91 Å². The molecule has 1 aliphatic heterocycles. The molecule has 1 heterocycles. The molecular weight excluding hydrogens is 363 g/mol. The van der Waals surface area contributed by atoms with E-state index in [0.29, 0.717) is 27.5 Å². The lowest BCUT2D eigenvalue weighted by Gasteiger charge is -2.16. The molecule has 1 aliphatic rings. The van der Waals surface area contributed by atoms with Crippen LogP contribution < -0.4 is 0 Å². The van der Waals surface area contributed by atoms with E-state index in [4.69, 9.17) is 23.2 Å². The van der Waals surface area contributed by atoms with Crippen LogP contribution in [0.25, 0.3) is 6.08 Å². The summed E-state index contributed by atoms with van der Waals surface area (Å²) in [7, 11) is 0. The summed E-state index contributed by atoms with van der Waals surface area (Å²) in [6.07, 6.45) is 3.63. The van der Waals surface area contributed by atoms with Crippen LogP contribution in [0.3, 0.4) is 0 Å². The minimum atomic E-state index is -0.130. The fourth-order valence-corrected chi connectivity index (χ4v) is 3.21. The number of carbonyl (C=O) groups excluding carboxylic acids is 1. The minimum Gasteiger partial charge on any atom is -0.281 e. The molecule has 0 spiro atoms. The Labute approximate surface area is 155 Å². The Bertz CT molecular complexity index is 831. The second-order valence-electron chi connectivity index (χ2n) is 5.17. The molecule has 2 aromatic rings. The van der Waals surface area contributed by atoms with Crippen molar-refractivity contribution in [3.8, 4) is 0 Å². The van der Waals surface area contributed by atoms with E-state index < -0.39 is 0 Å². The van der Waals surface area contributed by atoms with Gasteiger partial charge in [-0.2, -0.15) is 0 Å². The Balaban J connectivity index is 1.88. The Morgan fingerprint density at radius 3 is 2.50 bits per heavy atom. The molecule has 0 radical (unpaired) electrons. The van der Waals surface area contributed by atoms with E-state index in [1.54, 1.807) is 17.0 Å². The molecule has 0 N–H and O–H groups in total. The number of halogens is 2. The van der Waals surface area contributed by atoms with Gasteiger partial charge in [0, 0.05) is 10.0 Å². The van der Waals surface area contributed by atoms with Crippen LogP contribution in [-0.2, 0) is 11.3 Å². The molecule has 3 nitrogen and oxygen atoms in total. The van der Waals surface area contributed by atoms with Crippen LogP contribution in [0, 0.1) is 0 Å². The van der Waals surface area contributed by atoms with Gasteiger partial charge >= 0.3 is 0 Å². The number of benzene rings is 2. The lowest BCUT2D eigenvalue weighted by molar-refractivity contribution is -0.122. The Morgan fingerprint density at radius 1 is 1.12 bits per heavy atom. The van der Waals surface area contributed by atoms with Crippen molar-refractivity contribution < 1.29 is 4.79 Å². The molecular formula is C18H14Cl2N2OS. The average Bonchev–Trinajstić information content (AvgIpc) is 2.88. The zero-order valence-corrected chi connectivity index (χ0v) is 15.2. The Morgan fingerprint density at radius 2 is 1.83 bits per heavy atom. The number of nitrogens with zero attached hydrogens (tertiary/aromatic N) is 2. The monoisotopic (exact) mass is 376 g/mol. The van der Waals surface area contributed by atoms with Gasteiger partial charge in [-0.05, 0) is 41.7 Å². The normalized spacial score (nSPS) is 16.0. The highest BCUT2D eigenvalue weighted by Crippen LogP contribution is 2.26. The number of hydrogen-bond acceptors (Lipinski definition) is 3. The highest BCUT2D eigenvalue weighted by atomic mass is 35.5. The summed E-state index contributed by atoms with van der Waals surface area (Å²) in [6, 6.07) is 14.8. The number of amidine groups is 1. The van der Waals surface area contributed by atoms with Crippen molar-refractivity contribution >= 4 is 52.1 Å². The number of aliphatic imine (C=N–C) groups is 1. The third-order valence-electron chi connectivity index (χ3n) is 3.55. The lowest BCUT2D eigenvalue weighted by atomic mass is 10.2. The van der Waals surface area contributed by atoms with E-state index in [2.05, 4.69) is 4.99 Å². The van der Waals surface area contributed by atoms with Crippen LogP contribution in [0.1, 0.15) is 11.1 Å². The molecule has 24 heavy (non-hydrogen) atoms. The van der Waals surface area contributed by atoms with Crippen LogP contribution in [0.15, 0.2) is 59.2 Å². The molecule has 6 heteroatoms. The summed E-state index contributed by atoms with van der Waals surface area (Å²) in [5.41, 5.74) is 2.16. The molecule has 1 amide bonds. The summed E-state index contributed by atoms with van der Waals surface area (Å²) in [5.74, 6) is -0.130. The van der Waals surface area contributed by atoms with Crippen LogP contribution in [0.2, 0.25) is 10.0 Å². The molecule has 0 aromatic heterocycles. The predicted molar refractivity (Wildman–Crippen MR) is 102 cm³/mol. The molecule has 0 saturated heterocycles. The number of amides is 1. The topological polar surface area (TPSA) is 32.7 Å². The van der Waals surface area contributed by atoms with E-state index in [1.165, 1.54) is 11.8 Å². The van der Waals surface area contributed by atoms with E-state index in [-0.39, 0.29) is 5.91 Å². The maximum atomic E-state index is 12.7. The molecule has 122 valence electrons. The standard InChI is InChI=1S/C18H14Cl2N2OS/c1-24-18-21-16(10-13-4-2-3-5-15(13)20)17(23)22(18)11-12-6-8-14(19)9-7-12/h2-10H,11H2,1H3/b16-10+. The van der Waals surface area contributed by atoms with Crippen molar-refractivity contribution in [2.24, 2.45) is 4.99 Å². The molecule has 0 atom stereocenters. The van der Waals surface area contributed by atoms with Gasteiger partial charge in [-0.1, -0.05) is 65.3 Å². The zero-order valence-electron chi connectivity index (χ0n) is 12.9. The van der Waals surface area contributed by atoms with E-state index in [0.717, 1.165) is 11.1 Å². The number of rotatable bonds is 3. The van der Waals surface area contributed by atoms with Crippen molar-refractivity contribution in [1.29, 1.82) is 0 Å². The Hall–Kier alpha value is -1.75. The van der Waals surface area contributed by atoms with Crippen molar-refractivity contribution in [3.63, 3.8) is 0 Å². The van der Waals surface area contributed by atoms with Crippen molar-refractivity contribution in [2.75, 3.05) is 6.26 Å². The van der Waals surface area contributed by atoms with E-state index >= 15 is 0 Å². The SMILES string of the molecule is CSC1=N/C(=C/c2ccccc2Cl)C(=O)N1Cc1ccc(Cl)cc1. The summed E-state index contributed by atoms with van der Waals surface area (Å²) in [6.45, 7) is 0.454. The first-order valence-electron chi connectivity index (χ1n) is 7.23. The largest absolute Gasteiger partial charge is 0.281 e. The molecule has 0 saturated carbocycles. The highest BCUT2D eigenvalue weighted by Gasteiger charge is 2.29. The first kappa shape index (κ1) is 17.1. The summed E-state index contributed by atoms with van der Waals surface area (Å²) >= 11 is 13.5. The average molecular weight is 377 g/mol. The van der Waals surface area contributed by atoms with Gasteiger partial charge in [0.1, 0.15) is 5.70 Å². The van der Waals surface area contributed by atoms with Crippen molar-refractivity contribution in [3.05, 3.63) is 75.4 Å². The Kier molecular flexibility index (Phi) is 5.29. The van der Waals surface area contributed by atoms with Gasteiger partial charge in [0.2, 0.25) is 0 Å². The molecule has 0 unspecified atom stereocenters. The summed E-state index contributed by atoms with van der Waals surface area (Å²) < 4.78 is 0. The fraction of sp³-hybridized carbons (Fsp3) is 0.111. The molecule has 2 aromatic carbocycles. The van der Waals surface area contributed by atoms with Crippen LogP contribution in [0.5, 0.6) is 0 Å². The van der Waals surface area contributed by atoms with Gasteiger partial charge in [0.15, 0.2) is 5.17 Å². The summed E-state index contributed by atoms with van der Waals surface area (Å²) in [4.78, 5) is 18.8. The van der Waals surface area contributed by atoms with Crippen LogP contribution in [0.4, 0.5) is 0 Å². The molecule has 0 aliphatic carbocycles. The molecule has 3 rings (SSSR count). The first-order valence-corrected chi connectivity index (χ1v) is 9.22. The molecule has 0 bridgehead atoms. The van der Waals surface area contributed by atoms with Gasteiger partial charge in [-0.25, -0.2) is 4.99 Å². The van der Waals surface area contributed by atoms with E-state index in [1.807, 2.05) is 48.7 Å². The third kappa shape index (κ3) is 3.66. The van der Waals surface area contributed by atoms with Gasteiger partial charge < -0.3 is 0 Å². The van der Waals surface area contributed by atoms with E-state index in [9.17, 15) is 4.79 Å². The molecule has 0 fully saturated rings. The zero-order chi connectivity index (χ0) is 17.1. The number of thioether (sulfide) groups is 1. The maximum absolute atomic E-state index is 12.7. The van der Waals surface area contributed by atoms with Gasteiger partial charge in [-0.15, -0.1) is 0 Å². The smallest absolute Gasteiger partial charge is 0.278 e. The van der Waals surface area contributed by atoms with Crippen LogP contribution in [-0.4, -0.2) is 22.2 Å².